The van der Waals surface area contributed by atoms with Crippen LogP contribution in [0.1, 0.15) is 58.3 Å². The Labute approximate surface area is 103 Å². The summed E-state index contributed by atoms with van der Waals surface area (Å²) in [6.45, 7) is 2.11. The lowest BCUT2D eigenvalue weighted by molar-refractivity contribution is -0.143. The highest BCUT2D eigenvalue weighted by molar-refractivity contribution is 5.76. The molecule has 1 aliphatic rings. The summed E-state index contributed by atoms with van der Waals surface area (Å²) in [6.07, 6.45) is 6.85. The highest BCUT2D eigenvalue weighted by Gasteiger charge is 2.27. The van der Waals surface area contributed by atoms with E-state index in [0.717, 1.165) is 38.5 Å². The second kappa shape index (κ2) is 7.30. The van der Waals surface area contributed by atoms with Gasteiger partial charge in [-0.15, -0.1) is 0 Å². The van der Waals surface area contributed by atoms with E-state index in [1.807, 2.05) is 0 Å². The molecular formula is C13H23NO3. The van der Waals surface area contributed by atoms with Crippen molar-refractivity contribution in [1.82, 2.24) is 5.32 Å². The molecule has 1 fully saturated rings. The van der Waals surface area contributed by atoms with Crippen LogP contribution in [0, 0.1) is 5.92 Å². The molecule has 4 heteroatoms. The number of unbranched alkanes of at least 4 members (excludes halogenated alkanes) is 2. The third-order valence-corrected chi connectivity index (χ3v) is 3.40. The Morgan fingerprint density at radius 1 is 1.29 bits per heavy atom. The first-order valence-corrected chi connectivity index (χ1v) is 6.65. The summed E-state index contributed by atoms with van der Waals surface area (Å²) >= 11 is 0. The van der Waals surface area contributed by atoms with Crippen LogP contribution in [-0.2, 0) is 9.59 Å². The number of carbonyl (C=O) groups excluding carboxylic acids is 1. The average molecular weight is 241 g/mol. The SMILES string of the molecule is CCCCCC(=O)NC1CCCC(C(=O)O)C1. The van der Waals surface area contributed by atoms with Crippen LogP contribution in [-0.4, -0.2) is 23.0 Å². The number of carboxylic acid groups (broad SMARTS) is 1. The first-order valence-electron chi connectivity index (χ1n) is 6.65. The quantitative estimate of drug-likeness (QED) is 0.701. The molecule has 4 nitrogen and oxygen atoms in total. The zero-order chi connectivity index (χ0) is 12.7. The van der Waals surface area contributed by atoms with E-state index in [4.69, 9.17) is 5.11 Å². The first kappa shape index (κ1) is 14.0. The molecule has 17 heavy (non-hydrogen) atoms. The molecule has 2 N–H and O–H groups in total. The van der Waals surface area contributed by atoms with E-state index in [1.165, 1.54) is 0 Å². The molecule has 0 heterocycles. The van der Waals surface area contributed by atoms with E-state index in [2.05, 4.69) is 12.2 Å². The van der Waals surface area contributed by atoms with E-state index >= 15 is 0 Å². The van der Waals surface area contributed by atoms with Gasteiger partial charge in [0.15, 0.2) is 0 Å². The minimum absolute atomic E-state index is 0.0685. The predicted molar refractivity (Wildman–Crippen MR) is 65.7 cm³/mol. The zero-order valence-corrected chi connectivity index (χ0v) is 10.6. The number of nitrogens with one attached hydrogen (secondary N) is 1. The fourth-order valence-electron chi connectivity index (χ4n) is 2.38. The van der Waals surface area contributed by atoms with Gasteiger partial charge in [-0.05, 0) is 25.7 Å². The molecule has 1 amide bonds. The van der Waals surface area contributed by atoms with Crippen LogP contribution in [0.2, 0.25) is 0 Å². The Kier molecular flexibility index (Phi) is 6.01. The summed E-state index contributed by atoms with van der Waals surface area (Å²) in [4.78, 5) is 22.5. The normalized spacial score (nSPS) is 24.3. The lowest BCUT2D eigenvalue weighted by atomic mass is 9.86. The number of aliphatic carboxylic acids is 1. The van der Waals surface area contributed by atoms with Gasteiger partial charge < -0.3 is 10.4 Å². The Morgan fingerprint density at radius 2 is 2.06 bits per heavy atom. The third kappa shape index (κ3) is 5.20. The largest absolute Gasteiger partial charge is 0.481 e. The van der Waals surface area contributed by atoms with E-state index in [9.17, 15) is 9.59 Å². The fraction of sp³-hybridized carbons (Fsp3) is 0.846. The molecule has 0 radical (unpaired) electrons. The molecule has 2 unspecified atom stereocenters. The number of carbonyl (C=O) groups is 2. The topological polar surface area (TPSA) is 66.4 Å². The number of amides is 1. The number of carboxylic acids is 1. The molecule has 1 aliphatic carbocycles. The summed E-state index contributed by atoms with van der Waals surface area (Å²) in [5.74, 6) is -0.922. The monoisotopic (exact) mass is 241 g/mol. The van der Waals surface area contributed by atoms with Crippen LogP contribution in [0.4, 0.5) is 0 Å². The van der Waals surface area contributed by atoms with Gasteiger partial charge in [0, 0.05) is 12.5 Å². The highest BCUT2D eigenvalue weighted by Crippen LogP contribution is 2.24. The Bertz CT molecular complexity index is 265. The summed E-state index contributed by atoms with van der Waals surface area (Å²) in [5, 5.41) is 11.9. The molecule has 0 aromatic rings. The maximum atomic E-state index is 11.6. The summed E-state index contributed by atoms with van der Waals surface area (Å²) in [6, 6.07) is 0.0685. The Hall–Kier alpha value is -1.06. The van der Waals surface area contributed by atoms with Gasteiger partial charge in [0.2, 0.25) is 5.91 Å². The lowest BCUT2D eigenvalue weighted by Crippen LogP contribution is -2.39. The zero-order valence-electron chi connectivity index (χ0n) is 10.6. The van der Waals surface area contributed by atoms with Crippen molar-refractivity contribution in [2.24, 2.45) is 5.92 Å². The molecule has 1 rings (SSSR count). The molecule has 0 aliphatic heterocycles. The van der Waals surface area contributed by atoms with Crippen molar-refractivity contribution in [2.75, 3.05) is 0 Å². The molecule has 0 spiro atoms. The van der Waals surface area contributed by atoms with Gasteiger partial charge in [-0.3, -0.25) is 9.59 Å². The number of hydrogen-bond acceptors (Lipinski definition) is 2. The fourth-order valence-corrected chi connectivity index (χ4v) is 2.38. The molecule has 0 bridgehead atoms. The summed E-state index contributed by atoms with van der Waals surface area (Å²) < 4.78 is 0. The number of hydrogen-bond donors (Lipinski definition) is 2. The Morgan fingerprint density at radius 3 is 2.71 bits per heavy atom. The molecule has 98 valence electrons. The standard InChI is InChI=1S/C13H23NO3/c1-2-3-4-8-12(15)14-11-7-5-6-10(9-11)13(16)17/h10-11H,2-9H2,1H3,(H,14,15)(H,16,17). The minimum Gasteiger partial charge on any atom is -0.481 e. The van der Waals surface area contributed by atoms with Gasteiger partial charge >= 0.3 is 5.97 Å². The van der Waals surface area contributed by atoms with Gasteiger partial charge in [0.05, 0.1) is 5.92 Å². The lowest BCUT2D eigenvalue weighted by Gasteiger charge is -2.27. The molecule has 1 saturated carbocycles. The molecular weight excluding hydrogens is 218 g/mol. The minimum atomic E-state index is -0.727. The van der Waals surface area contributed by atoms with Crippen molar-refractivity contribution in [3.05, 3.63) is 0 Å². The number of rotatable bonds is 6. The van der Waals surface area contributed by atoms with Crippen LogP contribution in [0.3, 0.4) is 0 Å². The first-order chi connectivity index (χ1) is 8.13. The molecule has 0 saturated heterocycles. The summed E-state index contributed by atoms with van der Waals surface area (Å²) in [7, 11) is 0. The van der Waals surface area contributed by atoms with Crippen molar-refractivity contribution >= 4 is 11.9 Å². The second-order valence-corrected chi connectivity index (χ2v) is 4.92. The molecule has 2 atom stereocenters. The van der Waals surface area contributed by atoms with Crippen LogP contribution >= 0.6 is 0 Å². The van der Waals surface area contributed by atoms with Crippen LogP contribution in [0.25, 0.3) is 0 Å². The van der Waals surface area contributed by atoms with Crippen molar-refractivity contribution in [3.8, 4) is 0 Å². The third-order valence-electron chi connectivity index (χ3n) is 3.40. The second-order valence-electron chi connectivity index (χ2n) is 4.92. The molecule has 0 aromatic carbocycles. The highest BCUT2D eigenvalue weighted by atomic mass is 16.4. The van der Waals surface area contributed by atoms with Crippen LogP contribution in [0.15, 0.2) is 0 Å². The summed E-state index contributed by atoms with van der Waals surface area (Å²) in [5.41, 5.74) is 0. The van der Waals surface area contributed by atoms with Gasteiger partial charge in [-0.25, -0.2) is 0 Å². The van der Waals surface area contributed by atoms with E-state index < -0.39 is 5.97 Å². The van der Waals surface area contributed by atoms with Gasteiger partial charge in [0.25, 0.3) is 0 Å². The van der Waals surface area contributed by atoms with Gasteiger partial charge in [0.1, 0.15) is 0 Å². The van der Waals surface area contributed by atoms with Crippen molar-refractivity contribution in [1.29, 1.82) is 0 Å². The van der Waals surface area contributed by atoms with Gasteiger partial charge in [-0.1, -0.05) is 26.2 Å². The smallest absolute Gasteiger partial charge is 0.306 e. The van der Waals surface area contributed by atoms with E-state index in [1.54, 1.807) is 0 Å². The Balaban J connectivity index is 2.26. The van der Waals surface area contributed by atoms with Crippen LogP contribution in [0.5, 0.6) is 0 Å². The van der Waals surface area contributed by atoms with E-state index in [0.29, 0.717) is 12.8 Å². The maximum absolute atomic E-state index is 11.6. The van der Waals surface area contributed by atoms with Crippen LogP contribution < -0.4 is 5.32 Å². The molecule has 0 aromatic heterocycles. The van der Waals surface area contributed by atoms with E-state index in [-0.39, 0.29) is 17.9 Å². The predicted octanol–water partition coefficient (Wildman–Crippen LogP) is 2.33. The van der Waals surface area contributed by atoms with Gasteiger partial charge in [-0.2, -0.15) is 0 Å². The van der Waals surface area contributed by atoms with Crippen molar-refractivity contribution in [3.63, 3.8) is 0 Å². The van der Waals surface area contributed by atoms with Crippen molar-refractivity contribution in [2.45, 2.75) is 64.3 Å². The maximum Gasteiger partial charge on any atom is 0.306 e. The van der Waals surface area contributed by atoms with Crippen molar-refractivity contribution < 1.29 is 14.7 Å². The average Bonchev–Trinajstić information content (AvgIpc) is 2.29.